The molecule has 0 saturated heterocycles. The second-order valence-electron chi connectivity index (χ2n) is 4.26. The zero-order valence-electron chi connectivity index (χ0n) is 9.78. The number of amides is 1. The number of nitrogens with two attached hydrogens (primary N) is 1. The van der Waals surface area contributed by atoms with Crippen LogP contribution in [0.5, 0.6) is 0 Å². The molecule has 1 atom stereocenters. The van der Waals surface area contributed by atoms with Crippen LogP contribution >= 0.6 is 0 Å². The molecule has 0 saturated carbocycles. The molecule has 0 heterocycles. The van der Waals surface area contributed by atoms with Gasteiger partial charge in [0.05, 0.1) is 10.8 Å². The van der Waals surface area contributed by atoms with Crippen LogP contribution in [0.4, 0.5) is 0 Å². The van der Waals surface area contributed by atoms with Crippen molar-refractivity contribution in [3.63, 3.8) is 0 Å². The summed E-state index contributed by atoms with van der Waals surface area (Å²) in [6.07, 6.45) is 6.27. The van der Waals surface area contributed by atoms with Gasteiger partial charge in [-0.3, -0.25) is 4.79 Å². The third kappa shape index (κ3) is 4.21. The molecule has 0 aliphatic heterocycles. The molecule has 0 bridgehead atoms. The number of terminal acetylenes is 1. The van der Waals surface area contributed by atoms with Crippen molar-refractivity contribution in [3.8, 4) is 12.3 Å². The maximum absolute atomic E-state index is 11.4. The van der Waals surface area contributed by atoms with E-state index >= 15 is 0 Å². The lowest BCUT2D eigenvalue weighted by Crippen LogP contribution is -2.48. The Morgan fingerprint density at radius 1 is 1.56 bits per heavy atom. The van der Waals surface area contributed by atoms with Crippen LogP contribution in [0, 0.1) is 12.3 Å². The third-order valence-corrected chi connectivity index (χ3v) is 4.52. The average molecular weight is 246 g/mol. The lowest BCUT2D eigenvalue weighted by Gasteiger charge is -2.23. The highest BCUT2D eigenvalue weighted by molar-refractivity contribution is 7.92. The monoisotopic (exact) mass is 246 g/mol. The number of hydrogen-bond acceptors (Lipinski definition) is 4. The Balaban J connectivity index is 4.38. The molecule has 5 nitrogen and oxygen atoms in total. The summed E-state index contributed by atoms with van der Waals surface area (Å²) < 4.78 is 21.7. The maximum atomic E-state index is 11.4. The highest BCUT2D eigenvalue weighted by Gasteiger charge is 2.30. The Labute approximate surface area is 96.7 Å². The highest BCUT2D eigenvalue weighted by atomic mass is 32.2. The molecule has 3 N–H and O–H groups in total. The topological polar surface area (TPSA) is 89.3 Å². The average Bonchev–Trinajstić information content (AvgIpc) is 2.12. The van der Waals surface area contributed by atoms with Gasteiger partial charge in [-0.25, -0.2) is 8.42 Å². The minimum Gasteiger partial charge on any atom is -0.353 e. The first kappa shape index (κ1) is 14.9. The molecule has 1 amide bonds. The summed E-state index contributed by atoms with van der Waals surface area (Å²) in [6.45, 7) is 3.09. The fraction of sp³-hybridized carbons (Fsp3) is 0.700. The second kappa shape index (κ2) is 5.32. The van der Waals surface area contributed by atoms with Gasteiger partial charge >= 0.3 is 0 Å². The number of nitrogens with one attached hydrogen (secondary N) is 1. The lowest BCUT2D eigenvalue weighted by atomic mass is 10.2. The third-order valence-electron chi connectivity index (χ3n) is 2.37. The molecule has 0 aliphatic rings. The Bertz CT molecular complexity index is 393. The van der Waals surface area contributed by atoms with Gasteiger partial charge in [0.15, 0.2) is 9.84 Å². The first-order valence-electron chi connectivity index (χ1n) is 4.78. The van der Waals surface area contributed by atoms with Gasteiger partial charge in [-0.05, 0) is 13.8 Å². The van der Waals surface area contributed by atoms with Gasteiger partial charge in [0.25, 0.3) is 0 Å². The lowest BCUT2D eigenvalue weighted by molar-refractivity contribution is -0.122. The predicted molar refractivity (Wildman–Crippen MR) is 63.4 cm³/mol. The molecule has 0 fully saturated rings. The van der Waals surface area contributed by atoms with E-state index in [4.69, 9.17) is 12.2 Å². The molecule has 0 spiro atoms. The van der Waals surface area contributed by atoms with Gasteiger partial charge in [0.2, 0.25) is 5.91 Å². The quantitative estimate of drug-likeness (QED) is 0.626. The molecular formula is C10H18N2O3S. The van der Waals surface area contributed by atoms with Crippen LogP contribution in [-0.4, -0.2) is 37.9 Å². The Kier molecular flexibility index (Phi) is 4.97. The molecule has 0 rings (SSSR count). The molecule has 16 heavy (non-hydrogen) atoms. The van der Waals surface area contributed by atoms with Crippen LogP contribution in [0.25, 0.3) is 0 Å². The Morgan fingerprint density at radius 2 is 2.06 bits per heavy atom. The summed E-state index contributed by atoms with van der Waals surface area (Å²) in [5.41, 5.74) is 5.46. The van der Waals surface area contributed by atoms with Crippen molar-refractivity contribution in [2.45, 2.75) is 31.1 Å². The fourth-order valence-electron chi connectivity index (χ4n) is 0.782. The molecule has 1 unspecified atom stereocenters. The molecule has 0 aliphatic carbocycles. The van der Waals surface area contributed by atoms with Crippen LogP contribution in [0.1, 0.15) is 20.3 Å². The minimum absolute atomic E-state index is 0.0168. The van der Waals surface area contributed by atoms with Gasteiger partial charge in [0.1, 0.15) is 0 Å². The van der Waals surface area contributed by atoms with E-state index in [1.807, 2.05) is 0 Å². The largest absolute Gasteiger partial charge is 0.353 e. The van der Waals surface area contributed by atoms with Crippen LogP contribution in [0.15, 0.2) is 0 Å². The molecule has 0 aromatic carbocycles. The SMILES string of the molecule is C#CCC(N)C(=O)NCC(C)(C)S(C)(=O)=O. The predicted octanol–water partition coefficient (Wildman–Crippen LogP) is -0.724. The summed E-state index contributed by atoms with van der Waals surface area (Å²) in [6, 6.07) is -0.791. The van der Waals surface area contributed by atoms with Gasteiger partial charge in [0, 0.05) is 19.2 Å². The van der Waals surface area contributed by atoms with E-state index < -0.39 is 26.5 Å². The van der Waals surface area contributed by atoms with Gasteiger partial charge in [-0.15, -0.1) is 12.3 Å². The normalized spacial score (nSPS) is 13.9. The van der Waals surface area contributed by atoms with E-state index in [0.717, 1.165) is 6.26 Å². The van der Waals surface area contributed by atoms with Crippen molar-refractivity contribution >= 4 is 15.7 Å². The number of rotatable bonds is 5. The summed E-state index contributed by atoms with van der Waals surface area (Å²) in [5, 5.41) is 2.48. The van der Waals surface area contributed by atoms with Gasteiger partial charge in [-0.2, -0.15) is 0 Å². The zero-order valence-corrected chi connectivity index (χ0v) is 10.6. The van der Waals surface area contributed by atoms with Crippen molar-refractivity contribution in [2.75, 3.05) is 12.8 Å². The van der Waals surface area contributed by atoms with Crippen molar-refractivity contribution < 1.29 is 13.2 Å². The molecular weight excluding hydrogens is 228 g/mol. The van der Waals surface area contributed by atoms with Crippen molar-refractivity contribution in [1.29, 1.82) is 0 Å². The van der Waals surface area contributed by atoms with E-state index in [9.17, 15) is 13.2 Å². The number of carbonyl (C=O) groups excluding carboxylic acids is 1. The molecule has 0 radical (unpaired) electrons. The van der Waals surface area contributed by atoms with Crippen molar-refractivity contribution in [3.05, 3.63) is 0 Å². The number of carbonyl (C=O) groups is 1. The second-order valence-corrected chi connectivity index (χ2v) is 6.91. The van der Waals surface area contributed by atoms with Gasteiger partial charge < -0.3 is 11.1 Å². The smallest absolute Gasteiger partial charge is 0.237 e. The van der Waals surface area contributed by atoms with Crippen LogP contribution < -0.4 is 11.1 Å². The molecule has 6 heteroatoms. The summed E-state index contributed by atoms with van der Waals surface area (Å²) in [7, 11) is -3.23. The number of sulfone groups is 1. The first-order valence-corrected chi connectivity index (χ1v) is 6.67. The first-order chi connectivity index (χ1) is 7.12. The highest BCUT2D eigenvalue weighted by Crippen LogP contribution is 2.13. The van der Waals surface area contributed by atoms with Crippen molar-refractivity contribution in [1.82, 2.24) is 5.32 Å². The molecule has 0 aromatic rings. The number of hydrogen-bond donors (Lipinski definition) is 2. The van der Waals surface area contributed by atoms with E-state index in [0.29, 0.717) is 0 Å². The maximum Gasteiger partial charge on any atom is 0.237 e. The minimum atomic E-state index is -3.23. The summed E-state index contributed by atoms with van der Waals surface area (Å²) >= 11 is 0. The zero-order chi connectivity index (χ0) is 13.0. The molecule has 0 aromatic heterocycles. The van der Waals surface area contributed by atoms with E-state index in [-0.39, 0.29) is 13.0 Å². The summed E-state index contributed by atoms with van der Waals surface area (Å²) in [4.78, 5) is 11.4. The van der Waals surface area contributed by atoms with Crippen LogP contribution in [0.2, 0.25) is 0 Å². The Hall–Kier alpha value is -1.06. The van der Waals surface area contributed by atoms with Crippen LogP contribution in [-0.2, 0) is 14.6 Å². The fourth-order valence-corrected chi connectivity index (χ4v) is 1.12. The van der Waals surface area contributed by atoms with E-state index in [2.05, 4.69) is 11.2 Å². The Morgan fingerprint density at radius 3 is 2.44 bits per heavy atom. The van der Waals surface area contributed by atoms with E-state index in [1.54, 1.807) is 0 Å². The van der Waals surface area contributed by atoms with E-state index in [1.165, 1.54) is 13.8 Å². The summed E-state index contributed by atoms with van der Waals surface area (Å²) in [5.74, 6) is 1.84. The van der Waals surface area contributed by atoms with Crippen LogP contribution in [0.3, 0.4) is 0 Å². The standard InChI is InChI=1S/C10H18N2O3S/c1-5-6-8(11)9(13)12-7-10(2,3)16(4,14)15/h1,8H,6-7,11H2,2-4H3,(H,12,13). The van der Waals surface area contributed by atoms with Crippen molar-refractivity contribution in [2.24, 2.45) is 5.73 Å². The molecule has 92 valence electrons. The van der Waals surface area contributed by atoms with Gasteiger partial charge in [-0.1, -0.05) is 0 Å².